The van der Waals surface area contributed by atoms with Crippen molar-refractivity contribution in [3.8, 4) is 11.5 Å². The molecule has 0 radical (unpaired) electrons. The maximum Gasteiger partial charge on any atom is 0.179 e. The minimum absolute atomic E-state index is 0. The van der Waals surface area contributed by atoms with Crippen LogP contribution < -0.4 is 14.8 Å². The van der Waals surface area contributed by atoms with Crippen molar-refractivity contribution >= 4 is 24.0 Å². The first-order valence-corrected chi connectivity index (χ1v) is 8.93. The van der Waals surface area contributed by atoms with Crippen LogP contribution in [0.2, 0.25) is 5.02 Å². The Labute approximate surface area is 151 Å². The Morgan fingerprint density at radius 3 is 2.30 bits per heavy atom. The number of ether oxygens (including phenoxy) is 2. The summed E-state index contributed by atoms with van der Waals surface area (Å²) in [5.41, 5.74) is 1.15. The summed E-state index contributed by atoms with van der Waals surface area (Å²) in [6.07, 6.45) is 7.99. The Balaban J connectivity index is 0.00000264. The smallest absolute Gasteiger partial charge is 0.179 e. The number of benzene rings is 1. The zero-order valence-electron chi connectivity index (χ0n) is 14.2. The minimum Gasteiger partial charge on any atom is -0.490 e. The molecule has 2 rings (SSSR count). The van der Waals surface area contributed by atoms with Gasteiger partial charge in [0.1, 0.15) is 0 Å². The Kier molecular flexibility index (Phi) is 9.77. The maximum atomic E-state index is 6.36. The van der Waals surface area contributed by atoms with Crippen molar-refractivity contribution in [3.63, 3.8) is 0 Å². The zero-order valence-corrected chi connectivity index (χ0v) is 15.8. The van der Waals surface area contributed by atoms with Crippen LogP contribution in [0.25, 0.3) is 0 Å². The van der Waals surface area contributed by atoms with Gasteiger partial charge in [-0.15, -0.1) is 12.4 Å². The van der Waals surface area contributed by atoms with Crippen LogP contribution in [0.15, 0.2) is 12.1 Å². The van der Waals surface area contributed by atoms with Crippen molar-refractivity contribution in [1.29, 1.82) is 0 Å². The second-order valence-corrected chi connectivity index (χ2v) is 6.25. The fourth-order valence-electron chi connectivity index (χ4n) is 3.02. The van der Waals surface area contributed by atoms with E-state index < -0.39 is 0 Å². The summed E-state index contributed by atoms with van der Waals surface area (Å²) in [5, 5.41) is 4.30. The summed E-state index contributed by atoms with van der Waals surface area (Å²) in [6, 6.07) is 4.66. The third-order valence-corrected chi connectivity index (χ3v) is 4.39. The number of nitrogens with one attached hydrogen (secondary N) is 1. The molecule has 1 aromatic rings. The highest BCUT2D eigenvalue weighted by Gasteiger charge is 2.14. The third kappa shape index (κ3) is 6.40. The molecule has 0 spiro atoms. The highest BCUT2D eigenvalue weighted by Crippen LogP contribution is 2.36. The molecule has 1 fully saturated rings. The third-order valence-electron chi connectivity index (χ3n) is 4.11. The summed E-state index contributed by atoms with van der Waals surface area (Å²) >= 11 is 6.36. The molecule has 0 heterocycles. The first kappa shape index (κ1) is 20.4. The lowest BCUT2D eigenvalue weighted by molar-refractivity contribution is 0.287. The van der Waals surface area contributed by atoms with Gasteiger partial charge >= 0.3 is 0 Å². The van der Waals surface area contributed by atoms with Gasteiger partial charge in [-0.05, 0) is 44.4 Å². The summed E-state index contributed by atoms with van der Waals surface area (Å²) < 4.78 is 11.3. The number of rotatable bonds is 7. The maximum absolute atomic E-state index is 6.36. The molecule has 0 aliphatic heterocycles. The van der Waals surface area contributed by atoms with Gasteiger partial charge in [-0.2, -0.15) is 0 Å². The first-order chi connectivity index (χ1) is 10.7. The van der Waals surface area contributed by atoms with Gasteiger partial charge in [0.25, 0.3) is 0 Å². The highest BCUT2D eigenvalue weighted by atomic mass is 35.5. The van der Waals surface area contributed by atoms with Crippen LogP contribution in [-0.4, -0.2) is 19.3 Å². The molecule has 0 aromatic heterocycles. The van der Waals surface area contributed by atoms with E-state index in [4.69, 9.17) is 21.1 Å². The molecular weight excluding hydrogens is 333 g/mol. The van der Waals surface area contributed by atoms with Gasteiger partial charge in [0.05, 0.1) is 18.2 Å². The van der Waals surface area contributed by atoms with Gasteiger partial charge in [0.2, 0.25) is 0 Å². The van der Waals surface area contributed by atoms with E-state index in [-0.39, 0.29) is 12.4 Å². The molecular formula is C18H29Cl2NO2. The first-order valence-electron chi connectivity index (χ1n) is 8.56. The van der Waals surface area contributed by atoms with E-state index in [1.807, 2.05) is 26.0 Å². The molecule has 1 saturated carbocycles. The molecule has 132 valence electrons. The molecule has 23 heavy (non-hydrogen) atoms. The number of hydrogen-bond acceptors (Lipinski definition) is 3. The van der Waals surface area contributed by atoms with Gasteiger partial charge in [-0.3, -0.25) is 0 Å². The summed E-state index contributed by atoms with van der Waals surface area (Å²) in [5.74, 6) is 1.40. The van der Waals surface area contributed by atoms with Crippen LogP contribution in [0.1, 0.15) is 57.9 Å². The number of hydrogen-bond donors (Lipinski definition) is 1. The highest BCUT2D eigenvalue weighted by molar-refractivity contribution is 6.32. The minimum atomic E-state index is 0. The molecule has 0 amide bonds. The summed E-state index contributed by atoms with van der Waals surface area (Å²) in [7, 11) is 0. The van der Waals surface area contributed by atoms with Crippen molar-refractivity contribution in [2.75, 3.05) is 13.2 Å². The molecule has 0 saturated heterocycles. The van der Waals surface area contributed by atoms with Crippen molar-refractivity contribution < 1.29 is 9.47 Å². The van der Waals surface area contributed by atoms with Gasteiger partial charge in [-0.25, -0.2) is 0 Å². The molecule has 1 aromatic carbocycles. The lowest BCUT2D eigenvalue weighted by Gasteiger charge is -2.18. The molecule has 0 bridgehead atoms. The van der Waals surface area contributed by atoms with E-state index in [1.54, 1.807) is 0 Å². The van der Waals surface area contributed by atoms with Gasteiger partial charge in [0, 0.05) is 12.6 Å². The molecule has 1 N–H and O–H groups in total. The topological polar surface area (TPSA) is 30.5 Å². The van der Waals surface area contributed by atoms with Crippen molar-refractivity contribution in [1.82, 2.24) is 5.32 Å². The van der Waals surface area contributed by atoms with Crippen LogP contribution in [0.4, 0.5) is 0 Å². The Morgan fingerprint density at radius 2 is 1.70 bits per heavy atom. The molecule has 3 nitrogen and oxygen atoms in total. The molecule has 5 heteroatoms. The molecule has 1 aliphatic carbocycles. The van der Waals surface area contributed by atoms with Crippen molar-refractivity contribution in [3.05, 3.63) is 22.7 Å². The average Bonchev–Trinajstić information content (AvgIpc) is 2.77. The summed E-state index contributed by atoms with van der Waals surface area (Å²) in [6.45, 7) is 5.94. The SMILES string of the molecule is CCOc1cc(CNC2CCCCCC2)cc(Cl)c1OCC.Cl. The fraction of sp³-hybridized carbons (Fsp3) is 0.667. The predicted octanol–water partition coefficient (Wildman–Crippen LogP) is 5.37. The second kappa shape index (κ2) is 11.0. The molecule has 1 aliphatic rings. The van der Waals surface area contributed by atoms with E-state index in [1.165, 1.54) is 38.5 Å². The standard InChI is InChI=1S/C18H28ClNO2.ClH/c1-3-21-17-12-14(11-16(19)18(17)22-4-2)13-20-15-9-7-5-6-8-10-15;/h11-12,15,20H,3-10,13H2,1-2H3;1H. The van der Waals surface area contributed by atoms with Gasteiger partial charge in [-0.1, -0.05) is 37.3 Å². The normalized spacial score (nSPS) is 15.6. The molecule has 0 atom stereocenters. The van der Waals surface area contributed by atoms with Crippen LogP contribution in [-0.2, 0) is 6.54 Å². The summed E-state index contributed by atoms with van der Waals surface area (Å²) in [4.78, 5) is 0. The quantitative estimate of drug-likeness (QED) is 0.662. The van der Waals surface area contributed by atoms with Gasteiger partial charge in [0.15, 0.2) is 11.5 Å². The van der Waals surface area contributed by atoms with Crippen LogP contribution >= 0.6 is 24.0 Å². The van der Waals surface area contributed by atoms with Crippen LogP contribution in [0.3, 0.4) is 0 Å². The average molecular weight is 362 g/mol. The van der Waals surface area contributed by atoms with Gasteiger partial charge < -0.3 is 14.8 Å². The number of halogens is 2. The van der Waals surface area contributed by atoms with E-state index in [2.05, 4.69) is 5.32 Å². The monoisotopic (exact) mass is 361 g/mol. The lowest BCUT2D eigenvalue weighted by atomic mass is 10.1. The van der Waals surface area contributed by atoms with Crippen molar-refractivity contribution in [2.45, 2.75) is 65.0 Å². The predicted molar refractivity (Wildman–Crippen MR) is 99.4 cm³/mol. The Hall–Kier alpha value is -0.640. The van der Waals surface area contributed by atoms with Crippen LogP contribution in [0, 0.1) is 0 Å². The van der Waals surface area contributed by atoms with E-state index >= 15 is 0 Å². The Morgan fingerprint density at radius 1 is 1.04 bits per heavy atom. The van der Waals surface area contributed by atoms with E-state index in [9.17, 15) is 0 Å². The van der Waals surface area contributed by atoms with Crippen LogP contribution in [0.5, 0.6) is 11.5 Å². The fourth-order valence-corrected chi connectivity index (χ4v) is 3.30. The van der Waals surface area contributed by atoms with E-state index in [0.29, 0.717) is 30.0 Å². The Bertz CT molecular complexity index is 461. The second-order valence-electron chi connectivity index (χ2n) is 5.84. The largest absolute Gasteiger partial charge is 0.490 e. The zero-order chi connectivity index (χ0) is 15.8. The lowest BCUT2D eigenvalue weighted by Crippen LogP contribution is -2.27. The molecule has 0 unspecified atom stereocenters. The van der Waals surface area contributed by atoms with Crippen molar-refractivity contribution in [2.24, 2.45) is 0 Å². The van der Waals surface area contributed by atoms with E-state index in [0.717, 1.165) is 17.9 Å².